The van der Waals surface area contributed by atoms with E-state index in [9.17, 15) is 13.2 Å². The maximum Gasteiger partial charge on any atom is 0.416 e. The van der Waals surface area contributed by atoms with Gasteiger partial charge in [0.05, 0.1) is 5.56 Å². The van der Waals surface area contributed by atoms with Crippen molar-refractivity contribution in [2.24, 2.45) is 0 Å². The first-order valence-corrected chi connectivity index (χ1v) is 6.97. The standard InChI is InChI=1S/C17H16F3N/c1-21-16-8-6-13-9-12(5-7-15(13)16)11-3-2-4-14(10-11)17(18,19)20/h2-5,7,9-10,16,21H,6,8H2,1H3. The van der Waals surface area contributed by atoms with Gasteiger partial charge in [-0.15, -0.1) is 0 Å². The molecule has 1 nitrogen and oxygen atoms in total. The van der Waals surface area contributed by atoms with Crippen LogP contribution in [-0.2, 0) is 12.6 Å². The second-order valence-electron chi connectivity index (χ2n) is 5.37. The van der Waals surface area contributed by atoms with Gasteiger partial charge in [0.15, 0.2) is 0 Å². The van der Waals surface area contributed by atoms with Crippen molar-refractivity contribution in [3.8, 4) is 11.1 Å². The van der Waals surface area contributed by atoms with Gasteiger partial charge in [-0.25, -0.2) is 0 Å². The lowest BCUT2D eigenvalue weighted by molar-refractivity contribution is -0.137. The molecule has 0 bridgehead atoms. The largest absolute Gasteiger partial charge is 0.416 e. The summed E-state index contributed by atoms with van der Waals surface area (Å²) in [5.41, 5.74) is 3.34. The van der Waals surface area contributed by atoms with Crippen LogP contribution in [0, 0.1) is 0 Å². The Bertz CT molecular complexity index is 661. The molecule has 0 fully saturated rings. The molecular formula is C17H16F3N. The van der Waals surface area contributed by atoms with Gasteiger partial charge in [-0.3, -0.25) is 0 Å². The van der Waals surface area contributed by atoms with E-state index in [1.165, 1.54) is 23.3 Å². The van der Waals surface area contributed by atoms with Crippen molar-refractivity contribution >= 4 is 0 Å². The number of aryl methyl sites for hydroxylation is 1. The summed E-state index contributed by atoms with van der Waals surface area (Å²) in [5, 5.41) is 3.26. The van der Waals surface area contributed by atoms with Gasteiger partial charge < -0.3 is 5.32 Å². The van der Waals surface area contributed by atoms with Gasteiger partial charge >= 0.3 is 6.18 Å². The molecule has 0 amide bonds. The van der Waals surface area contributed by atoms with Crippen molar-refractivity contribution in [3.05, 3.63) is 59.2 Å². The molecule has 21 heavy (non-hydrogen) atoms. The van der Waals surface area contributed by atoms with Gasteiger partial charge in [0.2, 0.25) is 0 Å². The van der Waals surface area contributed by atoms with E-state index in [1.807, 2.05) is 25.2 Å². The minimum absolute atomic E-state index is 0.357. The zero-order chi connectivity index (χ0) is 15.0. The molecule has 0 saturated carbocycles. The highest BCUT2D eigenvalue weighted by atomic mass is 19.4. The van der Waals surface area contributed by atoms with Crippen LogP contribution in [0.2, 0.25) is 0 Å². The average Bonchev–Trinajstić information content (AvgIpc) is 2.88. The summed E-state index contributed by atoms with van der Waals surface area (Å²) in [7, 11) is 1.93. The molecule has 0 saturated heterocycles. The molecular weight excluding hydrogens is 275 g/mol. The van der Waals surface area contributed by atoms with E-state index in [0.29, 0.717) is 11.6 Å². The van der Waals surface area contributed by atoms with E-state index in [0.717, 1.165) is 24.5 Å². The predicted octanol–water partition coefficient (Wildman–Crippen LogP) is 4.58. The number of nitrogens with one attached hydrogen (secondary N) is 1. The van der Waals surface area contributed by atoms with Crippen molar-refractivity contribution in [2.75, 3.05) is 7.05 Å². The Kier molecular flexibility index (Phi) is 3.49. The van der Waals surface area contributed by atoms with Gasteiger partial charge in [-0.05, 0) is 54.3 Å². The summed E-state index contributed by atoms with van der Waals surface area (Å²) in [6.45, 7) is 0. The zero-order valence-electron chi connectivity index (χ0n) is 11.7. The van der Waals surface area contributed by atoms with Crippen LogP contribution in [0.1, 0.15) is 29.2 Å². The topological polar surface area (TPSA) is 12.0 Å². The van der Waals surface area contributed by atoms with Crippen LogP contribution < -0.4 is 5.32 Å². The Balaban J connectivity index is 1.99. The molecule has 1 aliphatic rings. The molecule has 4 heteroatoms. The third kappa shape index (κ3) is 2.68. The SMILES string of the molecule is CNC1CCc2cc(-c3cccc(C(F)(F)F)c3)ccc21. The van der Waals surface area contributed by atoms with Crippen LogP contribution in [0.15, 0.2) is 42.5 Å². The fraction of sp³-hybridized carbons (Fsp3) is 0.294. The number of fused-ring (bicyclic) bond motifs is 1. The van der Waals surface area contributed by atoms with Crippen LogP contribution in [0.4, 0.5) is 13.2 Å². The number of hydrogen-bond acceptors (Lipinski definition) is 1. The highest BCUT2D eigenvalue weighted by Crippen LogP contribution is 2.36. The molecule has 2 aromatic rings. The zero-order valence-corrected chi connectivity index (χ0v) is 11.7. The maximum atomic E-state index is 12.8. The lowest BCUT2D eigenvalue weighted by Gasteiger charge is -2.12. The maximum absolute atomic E-state index is 12.8. The van der Waals surface area contributed by atoms with Gasteiger partial charge in [0.1, 0.15) is 0 Å². The summed E-state index contributed by atoms with van der Waals surface area (Å²) < 4.78 is 38.4. The molecule has 0 spiro atoms. The molecule has 1 unspecified atom stereocenters. The van der Waals surface area contributed by atoms with Gasteiger partial charge in [0.25, 0.3) is 0 Å². The average molecular weight is 291 g/mol. The summed E-state index contributed by atoms with van der Waals surface area (Å²) in [6, 6.07) is 11.8. The van der Waals surface area contributed by atoms with Crippen LogP contribution >= 0.6 is 0 Å². The summed E-state index contributed by atoms with van der Waals surface area (Å²) >= 11 is 0. The van der Waals surface area contributed by atoms with E-state index in [2.05, 4.69) is 5.32 Å². The highest BCUT2D eigenvalue weighted by Gasteiger charge is 2.30. The first-order chi connectivity index (χ1) is 9.99. The van der Waals surface area contributed by atoms with Crippen LogP contribution in [0.3, 0.4) is 0 Å². The molecule has 3 rings (SSSR count). The third-order valence-corrected chi connectivity index (χ3v) is 4.09. The Hall–Kier alpha value is -1.81. The van der Waals surface area contributed by atoms with Gasteiger partial charge in [-0.1, -0.05) is 30.3 Å². The van der Waals surface area contributed by atoms with Crippen molar-refractivity contribution in [2.45, 2.75) is 25.1 Å². The fourth-order valence-corrected chi connectivity index (χ4v) is 2.97. The molecule has 110 valence electrons. The predicted molar refractivity (Wildman–Crippen MR) is 77.0 cm³/mol. The highest BCUT2D eigenvalue weighted by molar-refractivity contribution is 5.66. The fourth-order valence-electron chi connectivity index (χ4n) is 2.97. The lowest BCUT2D eigenvalue weighted by Crippen LogP contribution is -2.12. The van der Waals surface area contributed by atoms with Crippen molar-refractivity contribution in [1.29, 1.82) is 0 Å². The Labute approximate surface area is 121 Å². The smallest absolute Gasteiger partial charge is 0.313 e. The molecule has 1 aliphatic carbocycles. The van der Waals surface area contributed by atoms with E-state index >= 15 is 0 Å². The number of benzene rings is 2. The second-order valence-corrected chi connectivity index (χ2v) is 5.37. The molecule has 0 aromatic heterocycles. The van der Waals surface area contributed by atoms with E-state index in [4.69, 9.17) is 0 Å². The molecule has 1 N–H and O–H groups in total. The van der Waals surface area contributed by atoms with Crippen LogP contribution in [0.25, 0.3) is 11.1 Å². The number of halogens is 3. The minimum Gasteiger partial charge on any atom is -0.313 e. The Morgan fingerprint density at radius 2 is 1.81 bits per heavy atom. The van der Waals surface area contributed by atoms with Gasteiger partial charge in [-0.2, -0.15) is 13.2 Å². The summed E-state index contributed by atoms with van der Waals surface area (Å²) in [5.74, 6) is 0. The normalized spacial score (nSPS) is 17.8. The summed E-state index contributed by atoms with van der Waals surface area (Å²) in [6.07, 6.45) is -2.30. The number of alkyl halides is 3. The molecule has 0 aliphatic heterocycles. The molecule has 1 atom stereocenters. The lowest BCUT2D eigenvalue weighted by atomic mass is 9.98. The number of hydrogen-bond donors (Lipinski definition) is 1. The Morgan fingerprint density at radius 1 is 1.05 bits per heavy atom. The van der Waals surface area contributed by atoms with Crippen molar-refractivity contribution in [3.63, 3.8) is 0 Å². The number of rotatable bonds is 2. The minimum atomic E-state index is -4.30. The monoisotopic (exact) mass is 291 g/mol. The van der Waals surface area contributed by atoms with E-state index in [1.54, 1.807) is 6.07 Å². The van der Waals surface area contributed by atoms with E-state index in [-0.39, 0.29) is 0 Å². The molecule has 0 heterocycles. The van der Waals surface area contributed by atoms with E-state index < -0.39 is 11.7 Å². The van der Waals surface area contributed by atoms with Crippen molar-refractivity contribution < 1.29 is 13.2 Å². The Morgan fingerprint density at radius 3 is 2.52 bits per heavy atom. The van der Waals surface area contributed by atoms with Gasteiger partial charge in [0, 0.05) is 6.04 Å². The first-order valence-electron chi connectivity index (χ1n) is 6.97. The van der Waals surface area contributed by atoms with Crippen LogP contribution in [-0.4, -0.2) is 7.05 Å². The van der Waals surface area contributed by atoms with Crippen molar-refractivity contribution in [1.82, 2.24) is 5.32 Å². The third-order valence-electron chi connectivity index (χ3n) is 4.09. The van der Waals surface area contributed by atoms with Crippen LogP contribution in [0.5, 0.6) is 0 Å². The quantitative estimate of drug-likeness (QED) is 0.854. The first kappa shape index (κ1) is 14.1. The second kappa shape index (κ2) is 5.19. The summed E-state index contributed by atoms with van der Waals surface area (Å²) in [4.78, 5) is 0. The molecule has 0 radical (unpaired) electrons. The molecule has 2 aromatic carbocycles.